The lowest BCUT2D eigenvalue weighted by atomic mass is 10.1. The van der Waals surface area contributed by atoms with Crippen LogP contribution in [0.5, 0.6) is 0 Å². The highest BCUT2D eigenvalue weighted by Gasteiger charge is 2.46. The number of rotatable bonds is 7. The van der Waals surface area contributed by atoms with Gasteiger partial charge < -0.3 is 10.1 Å². The minimum atomic E-state index is -5.53. The van der Waals surface area contributed by atoms with Gasteiger partial charge in [0.15, 0.2) is 11.5 Å². The van der Waals surface area contributed by atoms with E-state index in [0.717, 1.165) is 36.4 Å². The number of hydrogen-bond donors (Lipinski definition) is 1. The van der Waals surface area contributed by atoms with E-state index in [0.29, 0.717) is 6.61 Å². The van der Waals surface area contributed by atoms with E-state index in [1.165, 1.54) is 18.3 Å². The third-order valence-corrected chi connectivity index (χ3v) is 6.63. The van der Waals surface area contributed by atoms with Crippen LogP contribution in [0, 0.1) is 0 Å². The number of fused-ring (bicyclic) bond motifs is 1. The number of nitrogens with one attached hydrogen (secondary N) is 1. The maximum atomic E-state index is 13.5. The fraction of sp³-hybridized carbons (Fsp3) is 0.217. The number of sulfone groups is 1. The Bertz CT molecular complexity index is 1580. The standard InChI is InChI=1S/C23H17F6N5O3S/c1-2-37-12-18-33-20(31-13-5-7-14(8-6-13)38(35,36)23(27,28)29)15-9-10-17(32-21(15)34-18)19-16(22(24,25)26)4-3-11-30-19/h3-11H,2,12H2,1H3,(H,31,32,33,34). The number of hydrogen-bond acceptors (Lipinski definition) is 8. The van der Waals surface area contributed by atoms with Crippen molar-refractivity contribution in [1.82, 2.24) is 19.9 Å². The maximum absolute atomic E-state index is 13.5. The monoisotopic (exact) mass is 557 g/mol. The predicted octanol–water partition coefficient (Wildman–Crippen LogP) is 5.68. The molecule has 15 heteroatoms. The quantitative estimate of drug-likeness (QED) is 0.290. The highest BCUT2D eigenvalue weighted by atomic mass is 32.2. The first kappa shape index (κ1) is 27.2. The van der Waals surface area contributed by atoms with Crippen molar-refractivity contribution in [2.45, 2.75) is 30.1 Å². The summed E-state index contributed by atoms with van der Waals surface area (Å²) in [5.74, 6) is 0.243. The average molecular weight is 557 g/mol. The Morgan fingerprint density at radius 1 is 0.921 bits per heavy atom. The van der Waals surface area contributed by atoms with Crippen LogP contribution >= 0.6 is 0 Å². The molecule has 0 aliphatic heterocycles. The van der Waals surface area contributed by atoms with Gasteiger partial charge in [-0.3, -0.25) is 4.98 Å². The molecule has 1 N–H and O–H groups in total. The zero-order chi connectivity index (χ0) is 27.7. The van der Waals surface area contributed by atoms with E-state index < -0.39 is 37.7 Å². The molecule has 0 saturated carbocycles. The molecule has 1 aromatic carbocycles. The number of benzene rings is 1. The zero-order valence-corrected chi connectivity index (χ0v) is 20.1. The van der Waals surface area contributed by atoms with Crippen LogP contribution in [0.3, 0.4) is 0 Å². The topological polar surface area (TPSA) is 107 Å². The Hall–Kier alpha value is -3.85. The molecule has 0 saturated heterocycles. The summed E-state index contributed by atoms with van der Waals surface area (Å²) < 4.78 is 108. The first-order valence-corrected chi connectivity index (χ1v) is 12.3. The number of halogens is 6. The summed E-state index contributed by atoms with van der Waals surface area (Å²) in [5, 5.41) is 3.13. The van der Waals surface area contributed by atoms with Crippen LogP contribution in [-0.4, -0.2) is 40.5 Å². The Kier molecular flexibility index (Phi) is 7.25. The largest absolute Gasteiger partial charge is 0.501 e. The van der Waals surface area contributed by atoms with Crippen molar-refractivity contribution in [3.63, 3.8) is 0 Å². The van der Waals surface area contributed by atoms with Gasteiger partial charge in [0.25, 0.3) is 9.84 Å². The van der Waals surface area contributed by atoms with E-state index in [-0.39, 0.29) is 40.7 Å². The van der Waals surface area contributed by atoms with E-state index in [9.17, 15) is 34.8 Å². The molecule has 0 fully saturated rings. The summed E-state index contributed by atoms with van der Waals surface area (Å²) in [7, 11) is -5.53. The summed E-state index contributed by atoms with van der Waals surface area (Å²) >= 11 is 0. The lowest BCUT2D eigenvalue weighted by molar-refractivity contribution is -0.137. The van der Waals surface area contributed by atoms with Gasteiger partial charge in [0.1, 0.15) is 18.1 Å². The van der Waals surface area contributed by atoms with Gasteiger partial charge in [-0.25, -0.2) is 23.4 Å². The van der Waals surface area contributed by atoms with Crippen molar-refractivity contribution >= 4 is 32.4 Å². The van der Waals surface area contributed by atoms with Crippen molar-refractivity contribution < 1.29 is 39.5 Å². The molecule has 3 heterocycles. The molecule has 0 atom stereocenters. The molecule has 0 amide bonds. The number of aromatic nitrogens is 4. The number of alkyl halides is 6. The van der Waals surface area contributed by atoms with Gasteiger partial charge in [-0.15, -0.1) is 0 Å². The van der Waals surface area contributed by atoms with Crippen molar-refractivity contribution in [1.29, 1.82) is 0 Å². The molecule has 38 heavy (non-hydrogen) atoms. The second-order valence-corrected chi connectivity index (χ2v) is 9.63. The summed E-state index contributed by atoms with van der Waals surface area (Å²) in [6, 6.07) is 8.54. The lowest BCUT2D eigenvalue weighted by Gasteiger charge is -2.14. The molecule has 0 aliphatic carbocycles. The fourth-order valence-electron chi connectivity index (χ4n) is 3.37. The Morgan fingerprint density at radius 2 is 1.63 bits per heavy atom. The van der Waals surface area contributed by atoms with E-state index in [1.807, 2.05) is 0 Å². The smallest absolute Gasteiger partial charge is 0.374 e. The first-order chi connectivity index (χ1) is 17.8. The highest BCUT2D eigenvalue weighted by Crippen LogP contribution is 2.36. The van der Waals surface area contributed by atoms with E-state index in [2.05, 4.69) is 25.3 Å². The number of ether oxygens (including phenoxy) is 1. The first-order valence-electron chi connectivity index (χ1n) is 10.8. The zero-order valence-electron chi connectivity index (χ0n) is 19.3. The third kappa shape index (κ3) is 5.52. The fourth-order valence-corrected chi connectivity index (χ4v) is 4.13. The molecule has 0 aliphatic rings. The normalized spacial score (nSPS) is 12.6. The van der Waals surface area contributed by atoms with Crippen LogP contribution in [0.1, 0.15) is 18.3 Å². The van der Waals surface area contributed by atoms with Crippen LogP contribution in [0.2, 0.25) is 0 Å². The van der Waals surface area contributed by atoms with Crippen LogP contribution in [0.4, 0.5) is 37.8 Å². The number of nitrogens with zero attached hydrogens (tertiary/aromatic N) is 4. The highest BCUT2D eigenvalue weighted by molar-refractivity contribution is 7.92. The van der Waals surface area contributed by atoms with E-state index >= 15 is 0 Å². The van der Waals surface area contributed by atoms with Crippen molar-refractivity contribution in [2.75, 3.05) is 11.9 Å². The van der Waals surface area contributed by atoms with Gasteiger partial charge in [-0.2, -0.15) is 26.3 Å². The third-order valence-electron chi connectivity index (χ3n) is 5.13. The molecule has 4 rings (SSSR count). The van der Waals surface area contributed by atoms with Gasteiger partial charge in [0.05, 0.1) is 21.5 Å². The average Bonchev–Trinajstić information content (AvgIpc) is 2.86. The van der Waals surface area contributed by atoms with Crippen molar-refractivity contribution in [2.24, 2.45) is 0 Å². The maximum Gasteiger partial charge on any atom is 0.501 e. The second-order valence-electron chi connectivity index (χ2n) is 7.69. The second kappa shape index (κ2) is 10.1. The minimum absolute atomic E-state index is 0.00440. The predicted molar refractivity (Wildman–Crippen MR) is 124 cm³/mol. The number of anilines is 2. The van der Waals surface area contributed by atoms with Crippen LogP contribution in [0.25, 0.3) is 22.4 Å². The molecule has 0 spiro atoms. The van der Waals surface area contributed by atoms with Gasteiger partial charge in [-0.05, 0) is 55.5 Å². The van der Waals surface area contributed by atoms with Gasteiger partial charge in [0.2, 0.25) is 0 Å². The SMILES string of the molecule is CCOCc1nc(Nc2ccc(S(=O)(=O)C(F)(F)F)cc2)c2ccc(-c3ncccc3C(F)(F)F)nc2n1. The van der Waals surface area contributed by atoms with Crippen LogP contribution < -0.4 is 5.32 Å². The molecular formula is C23H17F6N5O3S. The van der Waals surface area contributed by atoms with Crippen LogP contribution in [-0.2, 0) is 27.4 Å². The molecule has 4 aromatic rings. The van der Waals surface area contributed by atoms with E-state index in [4.69, 9.17) is 4.74 Å². The molecule has 0 radical (unpaired) electrons. The van der Waals surface area contributed by atoms with Crippen molar-refractivity contribution in [3.05, 3.63) is 66.1 Å². The Labute approximate surface area is 211 Å². The summed E-state index contributed by atoms with van der Waals surface area (Å²) in [4.78, 5) is 15.7. The Balaban J connectivity index is 1.77. The summed E-state index contributed by atoms with van der Waals surface area (Å²) in [6.07, 6.45) is -3.48. The summed E-state index contributed by atoms with van der Waals surface area (Å²) in [6.45, 7) is 1.98. The molecule has 200 valence electrons. The summed E-state index contributed by atoms with van der Waals surface area (Å²) in [5.41, 5.74) is -6.75. The Morgan fingerprint density at radius 3 is 2.26 bits per heavy atom. The molecular weight excluding hydrogens is 540 g/mol. The molecule has 8 nitrogen and oxygen atoms in total. The van der Waals surface area contributed by atoms with Gasteiger partial charge in [-0.1, -0.05) is 0 Å². The molecule has 0 bridgehead atoms. The molecule has 0 unspecified atom stereocenters. The van der Waals surface area contributed by atoms with Gasteiger partial charge in [0, 0.05) is 18.5 Å². The number of pyridine rings is 2. The van der Waals surface area contributed by atoms with Crippen LogP contribution in [0.15, 0.2) is 59.6 Å². The van der Waals surface area contributed by atoms with Crippen molar-refractivity contribution in [3.8, 4) is 11.4 Å². The minimum Gasteiger partial charge on any atom is -0.374 e. The van der Waals surface area contributed by atoms with Gasteiger partial charge >= 0.3 is 11.7 Å². The molecule has 3 aromatic heterocycles. The van der Waals surface area contributed by atoms with E-state index in [1.54, 1.807) is 6.92 Å². The lowest BCUT2D eigenvalue weighted by Crippen LogP contribution is -2.23.